The van der Waals surface area contributed by atoms with Crippen LogP contribution in [-0.2, 0) is 0 Å². The van der Waals surface area contributed by atoms with Gasteiger partial charge in [-0.15, -0.1) is 0 Å². The Labute approximate surface area is 166 Å². The predicted molar refractivity (Wildman–Crippen MR) is 87.6 cm³/mol. The van der Waals surface area contributed by atoms with E-state index >= 15 is 0 Å². The zero-order chi connectivity index (χ0) is 15.4. The molecule has 0 radical (unpaired) electrons. The summed E-state index contributed by atoms with van der Waals surface area (Å²) in [6.45, 7) is 0. The molecule has 6 heteroatoms. The van der Waals surface area contributed by atoms with Crippen molar-refractivity contribution in [3.8, 4) is 12.1 Å². The molecule has 1 heterocycles. The molecule has 0 saturated carbocycles. The van der Waals surface area contributed by atoms with Crippen molar-refractivity contribution in [1.29, 1.82) is 10.5 Å². The molecule has 5 nitrogen and oxygen atoms in total. The Hall–Kier alpha value is -2.18. The molecule has 2 aromatic carbocycles. The third-order valence-corrected chi connectivity index (χ3v) is 3.41. The second kappa shape index (κ2) is 7.89. The fraction of sp³-hybridized carbons (Fsp3) is 0.0588. The zero-order valence-electron chi connectivity index (χ0n) is 14.3. The third-order valence-electron chi connectivity index (χ3n) is 3.41. The number of hydrogen-bond donors (Lipinski definition) is 0. The Morgan fingerprint density at radius 3 is 1.70 bits per heavy atom. The van der Waals surface area contributed by atoms with Gasteiger partial charge in [0.05, 0.1) is 23.3 Å². The van der Waals surface area contributed by atoms with E-state index in [-0.39, 0.29) is 46.6 Å². The van der Waals surface area contributed by atoms with Crippen molar-refractivity contribution in [3.63, 3.8) is 0 Å². The van der Waals surface area contributed by atoms with Crippen LogP contribution < -0.4 is 0 Å². The van der Waals surface area contributed by atoms with Gasteiger partial charge in [-0.25, -0.2) is 9.67 Å². The molecular weight excluding hydrogens is 314 g/mol. The number of nitrogens with zero attached hydrogens (tertiary/aromatic N) is 5. The molecule has 23 heavy (non-hydrogen) atoms. The Morgan fingerprint density at radius 2 is 1.35 bits per heavy atom. The van der Waals surface area contributed by atoms with Crippen LogP contribution in [0.2, 0.25) is 0 Å². The quantitative estimate of drug-likeness (QED) is 0.692. The van der Waals surface area contributed by atoms with Gasteiger partial charge >= 0.3 is 37.7 Å². The summed E-state index contributed by atoms with van der Waals surface area (Å²) in [6, 6.07) is 18.8. The summed E-state index contributed by atoms with van der Waals surface area (Å²) < 4.78 is 1.75. The first kappa shape index (κ1) is 17.2. The Bertz CT molecular complexity index is 793. The molecule has 0 N–H and O–H groups in total. The standard InChI is InChI=1S/C17H11N5.Ca.2H/c18-9-13-1-5-15(6-2-13)17(22-12-20-11-21-22)16-7-3-14(10-19)4-8-16;;;/h1-8,11-12,17H;;;/q;+2;2*-1. The minimum atomic E-state index is -0.150. The molecule has 0 saturated heterocycles. The number of nitriles is 2. The molecule has 0 fully saturated rings. The number of hydrogen-bond acceptors (Lipinski definition) is 4. The van der Waals surface area contributed by atoms with Crippen LogP contribution in [0.3, 0.4) is 0 Å². The molecule has 0 spiro atoms. The topological polar surface area (TPSA) is 78.3 Å². The van der Waals surface area contributed by atoms with Gasteiger partial charge in [-0.3, -0.25) is 0 Å². The van der Waals surface area contributed by atoms with Crippen LogP contribution in [0.5, 0.6) is 0 Å². The van der Waals surface area contributed by atoms with Gasteiger partial charge in [0.25, 0.3) is 0 Å². The van der Waals surface area contributed by atoms with Crippen LogP contribution in [0, 0.1) is 22.7 Å². The van der Waals surface area contributed by atoms with Gasteiger partial charge in [0.15, 0.2) is 0 Å². The average molecular weight is 327 g/mol. The summed E-state index contributed by atoms with van der Waals surface area (Å²) in [5.41, 5.74) is 3.21. The van der Waals surface area contributed by atoms with Gasteiger partial charge in [0, 0.05) is 0 Å². The van der Waals surface area contributed by atoms with Crippen LogP contribution >= 0.6 is 0 Å². The molecular formula is C17H13CaN5. The molecule has 0 aliphatic carbocycles. The molecule has 108 valence electrons. The van der Waals surface area contributed by atoms with Gasteiger partial charge < -0.3 is 2.85 Å². The summed E-state index contributed by atoms with van der Waals surface area (Å²) in [7, 11) is 0. The van der Waals surface area contributed by atoms with E-state index in [0.717, 1.165) is 11.1 Å². The summed E-state index contributed by atoms with van der Waals surface area (Å²) in [6.07, 6.45) is 3.14. The van der Waals surface area contributed by atoms with Crippen molar-refractivity contribution >= 4 is 37.7 Å². The van der Waals surface area contributed by atoms with Crippen LogP contribution in [-0.4, -0.2) is 52.5 Å². The van der Waals surface area contributed by atoms with Crippen molar-refractivity contribution in [2.24, 2.45) is 0 Å². The molecule has 3 rings (SSSR count). The number of aromatic nitrogens is 3. The second-order valence-electron chi connectivity index (χ2n) is 4.75. The van der Waals surface area contributed by atoms with Crippen LogP contribution in [0.15, 0.2) is 61.2 Å². The Morgan fingerprint density at radius 1 is 0.870 bits per heavy atom. The molecule has 0 atom stereocenters. The second-order valence-corrected chi connectivity index (χ2v) is 4.75. The number of rotatable bonds is 3. The molecule has 0 unspecified atom stereocenters. The van der Waals surface area contributed by atoms with Gasteiger partial charge in [-0.1, -0.05) is 24.3 Å². The molecule has 3 aromatic rings. The van der Waals surface area contributed by atoms with Crippen molar-refractivity contribution in [2.75, 3.05) is 0 Å². The van der Waals surface area contributed by atoms with E-state index in [1.165, 1.54) is 6.33 Å². The van der Waals surface area contributed by atoms with Crippen molar-refractivity contribution < 1.29 is 2.85 Å². The zero-order valence-corrected chi connectivity index (χ0v) is 14.5. The van der Waals surface area contributed by atoms with E-state index in [9.17, 15) is 0 Å². The maximum atomic E-state index is 8.92. The summed E-state index contributed by atoms with van der Waals surface area (Å²) in [5, 5.41) is 22.1. The molecule has 0 bridgehead atoms. The van der Waals surface area contributed by atoms with Crippen LogP contribution in [0.4, 0.5) is 0 Å². The van der Waals surface area contributed by atoms with Crippen molar-refractivity contribution in [2.45, 2.75) is 6.04 Å². The van der Waals surface area contributed by atoms with E-state index in [4.69, 9.17) is 10.5 Å². The first-order valence-corrected chi connectivity index (χ1v) is 6.66. The van der Waals surface area contributed by atoms with Gasteiger partial charge in [0.1, 0.15) is 18.7 Å². The monoisotopic (exact) mass is 327 g/mol. The summed E-state index contributed by atoms with van der Waals surface area (Å²) in [4.78, 5) is 4.01. The van der Waals surface area contributed by atoms with Crippen molar-refractivity contribution in [1.82, 2.24) is 14.8 Å². The molecule has 0 amide bonds. The summed E-state index contributed by atoms with van der Waals surface area (Å²) >= 11 is 0. The van der Waals surface area contributed by atoms with Gasteiger partial charge in [-0.05, 0) is 35.4 Å². The molecule has 0 aliphatic heterocycles. The average Bonchev–Trinajstić information content (AvgIpc) is 3.10. The van der Waals surface area contributed by atoms with Crippen LogP contribution in [0.1, 0.15) is 31.1 Å². The Balaban J connectivity index is 0.00000192. The van der Waals surface area contributed by atoms with E-state index in [0.29, 0.717) is 11.1 Å². The van der Waals surface area contributed by atoms with Crippen molar-refractivity contribution in [3.05, 3.63) is 83.4 Å². The predicted octanol–water partition coefficient (Wildman–Crippen LogP) is 2.50. The number of benzene rings is 2. The molecule has 0 aliphatic rings. The van der Waals surface area contributed by atoms with E-state index < -0.39 is 0 Å². The smallest absolute Gasteiger partial charge is 1.00 e. The minimum absolute atomic E-state index is 0. The maximum Gasteiger partial charge on any atom is 2.00 e. The van der Waals surface area contributed by atoms with Gasteiger partial charge in [0.2, 0.25) is 0 Å². The van der Waals surface area contributed by atoms with Gasteiger partial charge in [-0.2, -0.15) is 15.6 Å². The SMILES string of the molecule is N#Cc1ccc(C(c2ccc(C#N)cc2)n2cncn2)cc1.[Ca+2].[H-].[H-]. The first-order valence-electron chi connectivity index (χ1n) is 6.66. The fourth-order valence-electron chi connectivity index (χ4n) is 2.33. The minimum Gasteiger partial charge on any atom is -1.00 e. The molecule has 1 aromatic heterocycles. The van der Waals surface area contributed by atoms with Crippen LogP contribution in [0.25, 0.3) is 0 Å². The van der Waals surface area contributed by atoms with E-state index in [2.05, 4.69) is 22.2 Å². The first-order chi connectivity index (χ1) is 10.8. The fourth-order valence-corrected chi connectivity index (χ4v) is 2.33. The van der Waals surface area contributed by atoms with E-state index in [1.807, 2.05) is 24.3 Å². The maximum absolute atomic E-state index is 8.92. The Kier molecular flexibility index (Phi) is 5.90. The normalized spacial score (nSPS) is 9.70. The summed E-state index contributed by atoms with van der Waals surface area (Å²) in [5.74, 6) is 0. The largest absolute Gasteiger partial charge is 2.00 e. The van der Waals surface area contributed by atoms with E-state index in [1.54, 1.807) is 35.3 Å². The third kappa shape index (κ3) is 3.78.